The lowest BCUT2D eigenvalue weighted by atomic mass is 9.79. The molecule has 144 valence electrons. The van der Waals surface area contributed by atoms with Crippen LogP contribution in [0.25, 0.3) is 0 Å². The van der Waals surface area contributed by atoms with Gasteiger partial charge in [-0.2, -0.15) is 0 Å². The summed E-state index contributed by atoms with van der Waals surface area (Å²) in [5.41, 5.74) is -0.979. The van der Waals surface area contributed by atoms with E-state index >= 15 is 0 Å². The van der Waals surface area contributed by atoms with Crippen molar-refractivity contribution >= 4 is 12.2 Å². The van der Waals surface area contributed by atoms with Gasteiger partial charge in [-0.05, 0) is 84.5 Å². The second-order valence-electron chi connectivity index (χ2n) is 9.43. The molecule has 2 aliphatic carbocycles. The highest BCUT2D eigenvalue weighted by atomic mass is 16.6. The predicted octanol–water partition coefficient (Wildman–Crippen LogP) is 3.70. The lowest BCUT2D eigenvalue weighted by Gasteiger charge is -2.32. The molecule has 0 aromatic heterocycles. The molecule has 4 unspecified atom stereocenters. The highest BCUT2D eigenvalue weighted by molar-refractivity contribution is 5.68. The second-order valence-corrected chi connectivity index (χ2v) is 9.43. The predicted molar refractivity (Wildman–Crippen MR) is 96.3 cm³/mol. The Hall–Kier alpha value is -1.46. The molecule has 6 nitrogen and oxygen atoms in total. The Bertz CT molecular complexity index is 449. The van der Waals surface area contributed by atoms with Crippen LogP contribution in [0.15, 0.2) is 0 Å². The number of fused-ring (bicyclic) bond motifs is 2. The van der Waals surface area contributed by atoms with E-state index in [1.807, 2.05) is 41.5 Å². The molecule has 0 aromatic carbocycles. The Morgan fingerprint density at radius 1 is 0.800 bits per heavy atom. The Kier molecular flexibility index (Phi) is 5.89. The van der Waals surface area contributed by atoms with Gasteiger partial charge in [0.2, 0.25) is 0 Å². The van der Waals surface area contributed by atoms with Crippen molar-refractivity contribution in [3.63, 3.8) is 0 Å². The number of amides is 2. The number of alkyl carbamates (subject to hydrolysis) is 2. The minimum Gasteiger partial charge on any atom is -0.444 e. The van der Waals surface area contributed by atoms with Crippen LogP contribution < -0.4 is 10.6 Å². The van der Waals surface area contributed by atoms with Gasteiger partial charge in [0.05, 0.1) is 0 Å². The van der Waals surface area contributed by atoms with E-state index in [0.717, 1.165) is 0 Å². The first-order chi connectivity index (χ1) is 11.4. The van der Waals surface area contributed by atoms with Crippen LogP contribution in [0, 0.1) is 23.7 Å². The van der Waals surface area contributed by atoms with Gasteiger partial charge in [0.1, 0.15) is 11.2 Å². The molecule has 0 radical (unpaired) electrons. The van der Waals surface area contributed by atoms with E-state index in [2.05, 4.69) is 10.6 Å². The number of hydrogen-bond acceptors (Lipinski definition) is 4. The van der Waals surface area contributed by atoms with Crippen molar-refractivity contribution in [1.29, 1.82) is 0 Å². The van der Waals surface area contributed by atoms with Crippen molar-refractivity contribution < 1.29 is 19.1 Å². The molecule has 0 aliphatic heterocycles. The molecule has 2 saturated carbocycles. The van der Waals surface area contributed by atoms with Crippen molar-refractivity contribution in [2.24, 2.45) is 23.7 Å². The third-order valence-corrected chi connectivity index (χ3v) is 5.04. The summed E-state index contributed by atoms with van der Waals surface area (Å²) in [5.74, 6) is 2.04. The van der Waals surface area contributed by atoms with Crippen molar-refractivity contribution in [3.05, 3.63) is 0 Å². The summed E-state index contributed by atoms with van der Waals surface area (Å²) < 4.78 is 10.7. The molecule has 0 aromatic rings. The van der Waals surface area contributed by atoms with Gasteiger partial charge >= 0.3 is 12.2 Å². The van der Waals surface area contributed by atoms with E-state index < -0.39 is 11.2 Å². The standard InChI is InChI=1S/C19H34N2O4/c1-18(2,3)24-16(22)20-10-14-12-7-8-13(9-12)15(14)11-21-17(23)25-19(4,5)6/h12-15H,7-11H2,1-6H3,(H,20,22)(H,21,23). The molecule has 2 aliphatic rings. The molecular weight excluding hydrogens is 320 g/mol. The average Bonchev–Trinajstić information content (AvgIpc) is 2.99. The lowest BCUT2D eigenvalue weighted by molar-refractivity contribution is 0.0466. The molecule has 2 fully saturated rings. The largest absolute Gasteiger partial charge is 0.444 e. The fraction of sp³-hybridized carbons (Fsp3) is 0.895. The van der Waals surface area contributed by atoms with Gasteiger partial charge in [0, 0.05) is 13.1 Å². The van der Waals surface area contributed by atoms with Crippen LogP contribution in [0.3, 0.4) is 0 Å². The molecule has 2 N–H and O–H groups in total. The summed E-state index contributed by atoms with van der Waals surface area (Å²) in [6.07, 6.45) is 2.90. The van der Waals surface area contributed by atoms with E-state index in [0.29, 0.717) is 36.8 Å². The smallest absolute Gasteiger partial charge is 0.407 e. The van der Waals surface area contributed by atoms with Gasteiger partial charge in [0.15, 0.2) is 0 Å². The minimum atomic E-state index is -0.490. The molecule has 2 bridgehead atoms. The highest BCUT2D eigenvalue weighted by Crippen LogP contribution is 2.51. The number of nitrogens with one attached hydrogen (secondary N) is 2. The molecule has 2 amide bonds. The summed E-state index contributed by atoms with van der Waals surface area (Å²) in [6, 6.07) is 0. The molecule has 25 heavy (non-hydrogen) atoms. The van der Waals surface area contributed by atoms with Crippen LogP contribution in [0.1, 0.15) is 60.8 Å². The SMILES string of the molecule is CC(C)(C)OC(=O)NCC1C2CCC(C2)C1CNC(=O)OC(C)(C)C. The highest BCUT2D eigenvalue weighted by Gasteiger charge is 2.47. The van der Waals surface area contributed by atoms with E-state index in [4.69, 9.17) is 9.47 Å². The summed E-state index contributed by atoms with van der Waals surface area (Å²) >= 11 is 0. The number of ether oxygens (including phenoxy) is 2. The first kappa shape index (κ1) is 19.9. The first-order valence-corrected chi connectivity index (χ1v) is 9.38. The number of hydrogen-bond donors (Lipinski definition) is 2. The normalized spacial score (nSPS) is 28.6. The Labute approximate surface area is 151 Å². The van der Waals surface area contributed by atoms with Crippen molar-refractivity contribution in [1.82, 2.24) is 10.6 Å². The summed E-state index contributed by atoms with van der Waals surface area (Å²) in [5, 5.41) is 5.83. The van der Waals surface area contributed by atoms with Gasteiger partial charge in [-0.25, -0.2) is 9.59 Å². The average molecular weight is 354 g/mol. The topological polar surface area (TPSA) is 76.7 Å². The van der Waals surface area contributed by atoms with Crippen molar-refractivity contribution in [3.8, 4) is 0 Å². The Morgan fingerprint density at radius 2 is 1.16 bits per heavy atom. The molecule has 4 atom stereocenters. The number of carbonyl (C=O) groups is 2. The van der Waals surface area contributed by atoms with Crippen LogP contribution in [0.4, 0.5) is 9.59 Å². The molecule has 0 spiro atoms. The van der Waals surface area contributed by atoms with Gasteiger partial charge in [-0.3, -0.25) is 0 Å². The van der Waals surface area contributed by atoms with E-state index in [1.54, 1.807) is 0 Å². The minimum absolute atomic E-state index is 0.367. The third-order valence-electron chi connectivity index (χ3n) is 5.04. The first-order valence-electron chi connectivity index (χ1n) is 9.38. The van der Waals surface area contributed by atoms with E-state index in [9.17, 15) is 9.59 Å². The van der Waals surface area contributed by atoms with Crippen LogP contribution in [0.2, 0.25) is 0 Å². The van der Waals surface area contributed by atoms with Gasteiger partial charge in [-0.15, -0.1) is 0 Å². The van der Waals surface area contributed by atoms with Gasteiger partial charge in [-0.1, -0.05) is 0 Å². The third kappa shape index (κ3) is 6.08. The fourth-order valence-electron chi connectivity index (χ4n) is 4.20. The number of rotatable bonds is 4. The molecule has 0 saturated heterocycles. The van der Waals surface area contributed by atoms with E-state index in [-0.39, 0.29) is 12.2 Å². The van der Waals surface area contributed by atoms with Crippen LogP contribution in [-0.2, 0) is 9.47 Å². The zero-order chi connectivity index (χ0) is 18.8. The zero-order valence-electron chi connectivity index (χ0n) is 16.5. The summed E-state index contributed by atoms with van der Waals surface area (Å²) in [4.78, 5) is 23.9. The maximum absolute atomic E-state index is 11.9. The molecular formula is C19H34N2O4. The Balaban J connectivity index is 1.84. The van der Waals surface area contributed by atoms with Crippen LogP contribution in [-0.4, -0.2) is 36.5 Å². The van der Waals surface area contributed by atoms with E-state index in [1.165, 1.54) is 19.3 Å². The maximum atomic E-state index is 11.9. The second kappa shape index (κ2) is 7.42. The fourth-order valence-corrected chi connectivity index (χ4v) is 4.20. The van der Waals surface area contributed by atoms with Gasteiger partial charge < -0.3 is 20.1 Å². The maximum Gasteiger partial charge on any atom is 0.407 e. The van der Waals surface area contributed by atoms with Crippen molar-refractivity contribution in [2.75, 3.05) is 13.1 Å². The quantitative estimate of drug-likeness (QED) is 0.807. The summed E-state index contributed by atoms with van der Waals surface area (Å²) in [7, 11) is 0. The lowest BCUT2D eigenvalue weighted by Crippen LogP contribution is -2.43. The molecule has 0 heterocycles. The van der Waals surface area contributed by atoms with Crippen LogP contribution >= 0.6 is 0 Å². The number of carbonyl (C=O) groups excluding carboxylic acids is 2. The van der Waals surface area contributed by atoms with Crippen molar-refractivity contribution in [2.45, 2.75) is 72.0 Å². The molecule has 6 heteroatoms. The Morgan fingerprint density at radius 3 is 1.48 bits per heavy atom. The summed E-state index contributed by atoms with van der Waals surface area (Å²) in [6.45, 7) is 12.4. The van der Waals surface area contributed by atoms with Gasteiger partial charge in [0.25, 0.3) is 0 Å². The molecule has 2 rings (SSSR count). The van der Waals surface area contributed by atoms with Crippen LogP contribution in [0.5, 0.6) is 0 Å². The monoisotopic (exact) mass is 354 g/mol. The zero-order valence-corrected chi connectivity index (χ0v) is 16.5.